The summed E-state index contributed by atoms with van der Waals surface area (Å²) in [6, 6.07) is 2.97. The lowest BCUT2D eigenvalue weighted by molar-refractivity contribution is 0.317. The molecule has 0 aliphatic rings. The third-order valence-electron chi connectivity index (χ3n) is 1.72. The Morgan fingerprint density at radius 2 is 2.06 bits per heavy atom. The zero-order valence-corrected chi connectivity index (χ0v) is 9.37. The molecule has 0 saturated heterocycles. The largest absolute Gasteiger partial charge is 0.485 e. The maximum Gasteiger partial charge on any atom is 0.140 e. The lowest BCUT2D eigenvalue weighted by Gasteiger charge is -2.03. The number of anilines is 1. The van der Waals surface area contributed by atoms with Crippen molar-refractivity contribution >= 4 is 5.82 Å². The van der Waals surface area contributed by atoms with Gasteiger partial charge in [0.15, 0.2) is 0 Å². The van der Waals surface area contributed by atoms with E-state index in [4.69, 9.17) is 10.5 Å². The van der Waals surface area contributed by atoms with Gasteiger partial charge in [0.05, 0.1) is 6.20 Å². The monoisotopic (exact) mass is 256 g/mol. The third-order valence-corrected chi connectivity index (χ3v) is 1.72. The fourth-order valence-electron chi connectivity index (χ4n) is 1.01. The average molecular weight is 256 g/mol. The molecule has 1 aromatic rings. The van der Waals surface area contributed by atoms with Crippen LogP contribution in [-0.2, 0) is 0 Å². The van der Waals surface area contributed by atoms with Crippen molar-refractivity contribution in [1.29, 1.82) is 0 Å². The van der Waals surface area contributed by atoms with Gasteiger partial charge in [0.25, 0.3) is 0 Å². The Labute approximate surface area is 102 Å². The summed E-state index contributed by atoms with van der Waals surface area (Å²) < 4.78 is 43.1. The summed E-state index contributed by atoms with van der Waals surface area (Å²) in [6.07, 6.45) is 2.28. The quantitative estimate of drug-likeness (QED) is 0.823. The van der Waals surface area contributed by atoms with Crippen LogP contribution in [0.15, 0.2) is 54.5 Å². The highest BCUT2D eigenvalue weighted by Gasteiger charge is 2.01. The molecule has 18 heavy (non-hydrogen) atoms. The van der Waals surface area contributed by atoms with Gasteiger partial charge >= 0.3 is 0 Å². The molecule has 2 N–H and O–H groups in total. The van der Waals surface area contributed by atoms with Crippen LogP contribution in [0, 0.1) is 0 Å². The molecule has 1 aromatic heterocycles. The van der Waals surface area contributed by atoms with Crippen LogP contribution < -0.4 is 10.5 Å². The summed E-state index contributed by atoms with van der Waals surface area (Å²) in [6.45, 7) is 2.32. The summed E-state index contributed by atoms with van der Waals surface area (Å²) >= 11 is 0. The van der Waals surface area contributed by atoms with Crippen molar-refractivity contribution in [3.05, 3.63) is 54.5 Å². The minimum absolute atomic E-state index is 0.284. The van der Waals surface area contributed by atoms with E-state index in [0.29, 0.717) is 18.0 Å². The summed E-state index contributed by atoms with van der Waals surface area (Å²) in [4.78, 5) is 3.72. The average Bonchev–Trinajstić information content (AvgIpc) is 2.27. The van der Waals surface area contributed by atoms with E-state index in [2.05, 4.69) is 11.6 Å². The second kappa shape index (κ2) is 6.48. The summed E-state index contributed by atoms with van der Waals surface area (Å²) in [5.74, 6) is -2.40. The molecule has 6 heteroatoms. The molecule has 1 rings (SSSR count). The fraction of sp³-hybridized carbons (Fsp3) is 0.0833. The molecule has 0 bridgehead atoms. The maximum absolute atomic E-state index is 13.1. The van der Waals surface area contributed by atoms with Crippen LogP contribution in [0.2, 0.25) is 0 Å². The number of hydrogen-bond donors (Lipinski definition) is 1. The van der Waals surface area contributed by atoms with Crippen molar-refractivity contribution in [1.82, 2.24) is 4.98 Å². The molecule has 0 aliphatic carbocycles. The molecular formula is C12H11F3N2O. The lowest BCUT2D eigenvalue weighted by atomic mass is 10.4. The predicted molar refractivity (Wildman–Crippen MR) is 62.8 cm³/mol. The van der Waals surface area contributed by atoms with Gasteiger partial charge in [-0.1, -0.05) is 6.58 Å². The normalized spacial score (nSPS) is 12.4. The van der Waals surface area contributed by atoms with Crippen LogP contribution in [-0.4, -0.2) is 11.6 Å². The zero-order chi connectivity index (χ0) is 13.5. The van der Waals surface area contributed by atoms with Crippen LogP contribution in [0.4, 0.5) is 19.0 Å². The highest BCUT2D eigenvalue weighted by molar-refractivity contribution is 5.32. The SMILES string of the molecule is C=C(F)/C=C(F)\C=C(\F)COc1ccc(N)nc1. The molecular weight excluding hydrogens is 245 g/mol. The fourth-order valence-corrected chi connectivity index (χ4v) is 1.01. The molecule has 0 amide bonds. The van der Waals surface area contributed by atoms with Crippen LogP contribution in [0.1, 0.15) is 0 Å². The van der Waals surface area contributed by atoms with E-state index in [0.717, 1.165) is 0 Å². The number of nitrogens with zero attached hydrogens (tertiary/aromatic N) is 1. The number of nitrogens with two attached hydrogens (primary N) is 1. The van der Waals surface area contributed by atoms with Crippen molar-refractivity contribution in [3.8, 4) is 5.75 Å². The van der Waals surface area contributed by atoms with Gasteiger partial charge in [0.1, 0.15) is 35.7 Å². The van der Waals surface area contributed by atoms with Crippen molar-refractivity contribution < 1.29 is 17.9 Å². The van der Waals surface area contributed by atoms with Gasteiger partial charge in [0, 0.05) is 12.2 Å². The molecule has 0 atom stereocenters. The van der Waals surface area contributed by atoms with Crippen LogP contribution >= 0.6 is 0 Å². The first-order valence-electron chi connectivity index (χ1n) is 4.89. The van der Waals surface area contributed by atoms with Gasteiger partial charge in [0.2, 0.25) is 0 Å². The summed E-state index contributed by atoms with van der Waals surface area (Å²) in [5.41, 5.74) is 5.34. The highest BCUT2D eigenvalue weighted by atomic mass is 19.1. The molecule has 0 saturated carbocycles. The summed E-state index contributed by atoms with van der Waals surface area (Å²) in [5, 5.41) is 0. The predicted octanol–water partition coefficient (Wildman–Crippen LogP) is 3.23. The van der Waals surface area contributed by atoms with E-state index in [1.807, 2.05) is 0 Å². The Balaban J connectivity index is 2.55. The van der Waals surface area contributed by atoms with Gasteiger partial charge in [-0.2, -0.15) is 0 Å². The lowest BCUT2D eigenvalue weighted by Crippen LogP contribution is -1.99. The molecule has 3 nitrogen and oxygen atoms in total. The van der Waals surface area contributed by atoms with Gasteiger partial charge in [-0.15, -0.1) is 0 Å². The highest BCUT2D eigenvalue weighted by Crippen LogP contribution is 2.13. The van der Waals surface area contributed by atoms with Crippen molar-refractivity contribution in [2.45, 2.75) is 0 Å². The number of nitrogen functional groups attached to an aromatic ring is 1. The molecule has 0 radical (unpaired) electrons. The van der Waals surface area contributed by atoms with E-state index >= 15 is 0 Å². The molecule has 0 unspecified atom stereocenters. The zero-order valence-electron chi connectivity index (χ0n) is 9.37. The van der Waals surface area contributed by atoms with Gasteiger partial charge in [-0.3, -0.25) is 0 Å². The number of ether oxygens (including phenoxy) is 1. The first-order valence-corrected chi connectivity index (χ1v) is 4.89. The van der Waals surface area contributed by atoms with E-state index in [-0.39, 0.29) is 5.75 Å². The molecule has 0 fully saturated rings. The van der Waals surface area contributed by atoms with Crippen LogP contribution in [0.3, 0.4) is 0 Å². The van der Waals surface area contributed by atoms with E-state index in [1.165, 1.54) is 18.3 Å². The topological polar surface area (TPSA) is 48.1 Å². The number of aromatic nitrogens is 1. The molecule has 96 valence electrons. The Kier molecular flexibility index (Phi) is 4.98. The van der Waals surface area contributed by atoms with Gasteiger partial charge in [-0.05, 0) is 12.1 Å². The number of hydrogen-bond acceptors (Lipinski definition) is 3. The first-order chi connectivity index (χ1) is 8.47. The number of halogens is 3. The van der Waals surface area contributed by atoms with Gasteiger partial charge in [-0.25, -0.2) is 18.2 Å². The number of allylic oxidation sites excluding steroid dienone is 4. The Morgan fingerprint density at radius 1 is 1.33 bits per heavy atom. The summed E-state index contributed by atoms with van der Waals surface area (Å²) in [7, 11) is 0. The third kappa shape index (κ3) is 5.20. The second-order valence-electron chi connectivity index (χ2n) is 3.27. The van der Waals surface area contributed by atoms with Crippen LogP contribution in [0.25, 0.3) is 0 Å². The van der Waals surface area contributed by atoms with E-state index in [1.54, 1.807) is 0 Å². The Bertz CT molecular complexity index is 481. The smallest absolute Gasteiger partial charge is 0.140 e. The van der Waals surface area contributed by atoms with Crippen molar-refractivity contribution in [2.75, 3.05) is 12.3 Å². The van der Waals surface area contributed by atoms with E-state index in [9.17, 15) is 13.2 Å². The minimum Gasteiger partial charge on any atom is -0.485 e. The maximum atomic E-state index is 13.1. The van der Waals surface area contributed by atoms with Crippen LogP contribution in [0.5, 0.6) is 5.75 Å². The molecule has 0 aliphatic heterocycles. The Hall–Kier alpha value is -2.24. The first kappa shape index (κ1) is 13.8. The van der Waals surface area contributed by atoms with E-state index < -0.39 is 24.1 Å². The number of rotatable bonds is 5. The Morgan fingerprint density at radius 3 is 2.61 bits per heavy atom. The van der Waals surface area contributed by atoms with Crippen molar-refractivity contribution in [3.63, 3.8) is 0 Å². The molecule has 0 aromatic carbocycles. The molecule has 1 heterocycles. The van der Waals surface area contributed by atoms with Gasteiger partial charge < -0.3 is 10.5 Å². The standard InChI is InChI=1S/C12H11F3N2O/c1-8(13)4-9(14)5-10(15)7-18-11-2-3-12(16)17-6-11/h2-6H,1,7H2,(H2,16,17)/b9-4+,10-5+. The second-order valence-corrected chi connectivity index (χ2v) is 3.27. The molecule has 0 spiro atoms. The number of pyridine rings is 1. The van der Waals surface area contributed by atoms with Crippen molar-refractivity contribution in [2.24, 2.45) is 0 Å². The minimum atomic E-state index is -1.08.